The number of hydrogen-bond donors (Lipinski definition) is 6. The second-order valence-corrected chi connectivity index (χ2v) is 8.83. The third-order valence-corrected chi connectivity index (χ3v) is 6.61. The molecule has 0 radical (unpaired) electrons. The number of carbonyl (C=O) groups excluding carboxylic acids is 2. The van der Waals surface area contributed by atoms with Crippen molar-refractivity contribution in [2.45, 2.75) is 43.8 Å². The molecule has 3 aliphatic rings. The fourth-order valence-corrected chi connectivity index (χ4v) is 5.23. The van der Waals surface area contributed by atoms with Crippen molar-refractivity contribution in [3.63, 3.8) is 0 Å². The first-order valence-electron chi connectivity index (χ1n) is 10.4. The molecule has 3 aliphatic carbocycles. The number of hydrogen-bond acceptors (Lipinski definition) is 9. The maximum Gasteiger partial charge on any atom is 0.342 e. The van der Waals surface area contributed by atoms with Gasteiger partial charge in [0.1, 0.15) is 34.4 Å². The summed E-state index contributed by atoms with van der Waals surface area (Å²) in [6.45, 7) is 1.75. The van der Waals surface area contributed by atoms with E-state index >= 15 is 0 Å². The molecule has 0 aliphatic heterocycles. The van der Waals surface area contributed by atoms with Crippen LogP contribution in [0.1, 0.15) is 36.0 Å². The molecule has 33 heavy (non-hydrogen) atoms. The number of carboxylic acids is 1. The number of aliphatic hydroxyl groups excluding tert-OH is 3. The van der Waals surface area contributed by atoms with Gasteiger partial charge in [0, 0.05) is 32.3 Å². The summed E-state index contributed by atoms with van der Waals surface area (Å²) in [4.78, 5) is 37.2. The van der Waals surface area contributed by atoms with Crippen LogP contribution in [0.2, 0.25) is 0 Å². The number of aliphatic hydroxyl groups is 5. The van der Waals surface area contributed by atoms with Crippen molar-refractivity contribution >= 4 is 23.3 Å². The zero-order valence-corrected chi connectivity index (χ0v) is 17.8. The van der Waals surface area contributed by atoms with Gasteiger partial charge in [-0.25, -0.2) is 4.79 Å². The number of aryl methyl sites for hydroxylation is 1. The smallest absolute Gasteiger partial charge is 0.342 e. The molecule has 1 aromatic carbocycles. The second-order valence-electron chi connectivity index (χ2n) is 8.83. The van der Waals surface area contributed by atoms with Crippen molar-refractivity contribution < 1.29 is 49.8 Å². The Balaban J connectivity index is 1.91. The summed E-state index contributed by atoms with van der Waals surface area (Å²) in [6, 6.07) is 3.28. The number of Topliss-reactive ketones (excluding diaryl/α,β-unsaturated/α-hetero) is 2. The Kier molecular flexibility index (Phi) is 5.35. The molecule has 176 valence electrons. The molecule has 0 heterocycles. The Morgan fingerprint density at radius 3 is 2.52 bits per heavy atom. The summed E-state index contributed by atoms with van der Waals surface area (Å²) in [5, 5.41) is 62.6. The van der Waals surface area contributed by atoms with Crippen LogP contribution in [-0.2, 0) is 20.8 Å². The van der Waals surface area contributed by atoms with Gasteiger partial charge in [0.15, 0.2) is 11.6 Å². The van der Waals surface area contributed by atoms with Gasteiger partial charge in [-0.05, 0) is 24.1 Å². The predicted molar refractivity (Wildman–Crippen MR) is 112 cm³/mol. The Morgan fingerprint density at radius 2 is 1.88 bits per heavy atom. The zero-order valence-electron chi connectivity index (χ0n) is 17.8. The van der Waals surface area contributed by atoms with Gasteiger partial charge in [0.05, 0.1) is 23.3 Å². The Morgan fingerprint density at radius 1 is 1.18 bits per heavy atom. The highest BCUT2D eigenvalue weighted by atomic mass is 16.5. The van der Waals surface area contributed by atoms with Gasteiger partial charge < -0.3 is 35.4 Å². The number of carboxylic acid groups (broad SMARTS) is 1. The van der Waals surface area contributed by atoms with E-state index in [2.05, 4.69) is 0 Å². The van der Waals surface area contributed by atoms with E-state index in [0.29, 0.717) is 17.5 Å². The fraction of sp³-hybridized carbons (Fsp3) is 0.435. The minimum atomic E-state index is -2.23. The molecule has 3 unspecified atom stereocenters. The molecule has 0 bridgehead atoms. The quantitative estimate of drug-likeness (QED) is 0.267. The van der Waals surface area contributed by atoms with Gasteiger partial charge in [-0.2, -0.15) is 0 Å². The van der Waals surface area contributed by atoms with E-state index in [0.717, 1.165) is 0 Å². The first-order valence-corrected chi connectivity index (χ1v) is 10.4. The van der Waals surface area contributed by atoms with Crippen LogP contribution < -0.4 is 4.74 Å². The average Bonchev–Trinajstić information content (AvgIpc) is 2.68. The largest absolute Gasteiger partial charge is 0.510 e. The lowest BCUT2D eigenvalue weighted by Crippen LogP contribution is -2.62. The number of aliphatic carboxylic acids is 1. The molecule has 0 saturated heterocycles. The molecule has 0 spiro atoms. The zero-order chi connectivity index (χ0) is 24.3. The maximum absolute atomic E-state index is 13.5. The molecular formula is C23H24O10. The molecule has 1 aromatic rings. The first kappa shape index (κ1) is 23.0. The van der Waals surface area contributed by atoms with Crippen molar-refractivity contribution in [1.29, 1.82) is 0 Å². The van der Waals surface area contributed by atoms with E-state index in [1.165, 1.54) is 0 Å². The minimum Gasteiger partial charge on any atom is -0.510 e. The molecule has 6 N–H and O–H groups in total. The highest BCUT2D eigenvalue weighted by molar-refractivity contribution is 6.20. The average molecular weight is 460 g/mol. The monoisotopic (exact) mass is 460 g/mol. The van der Waals surface area contributed by atoms with Crippen molar-refractivity contribution in [3.8, 4) is 5.75 Å². The highest BCUT2D eigenvalue weighted by Gasteiger charge is 2.63. The third kappa shape index (κ3) is 3.33. The lowest BCUT2D eigenvalue weighted by atomic mass is 9.57. The van der Waals surface area contributed by atoms with E-state index in [1.54, 1.807) is 19.1 Å². The standard InChI is InChI=1S/C23H24O10/c1-10-3-4-13(33-6-2-5-24)14-11(10)7-22(31)9-23(32)8-12(25)15(21(29)30)19(27)17(23)20(28)16(22)18(14)26/h3-4,17,24,26-27,31-32H,2,5-9H2,1H3,(H,29,30). The number of carbonyl (C=O) groups is 3. The van der Waals surface area contributed by atoms with E-state index < -0.39 is 70.2 Å². The molecule has 0 amide bonds. The van der Waals surface area contributed by atoms with Gasteiger partial charge in [-0.15, -0.1) is 0 Å². The third-order valence-electron chi connectivity index (χ3n) is 6.61. The first-order chi connectivity index (χ1) is 15.4. The van der Waals surface area contributed by atoms with Gasteiger partial charge >= 0.3 is 5.97 Å². The normalized spacial score (nSPS) is 28.9. The summed E-state index contributed by atoms with van der Waals surface area (Å²) in [5.74, 6) is -7.17. The van der Waals surface area contributed by atoms with Crippen molar-refractivity contribution in [1.82, 2.24) is 0 Å². The number of ketones is 2. The Labute approximate surface area is 188 Å². The second kappa shape index (κ2) is 7.68. The van der Waals surface area contributed by atoms with Crippen molar-refractivity contribution in [2.75, 3.05) is 13.2 Å². The lowest BCUT2D eigenvalue weighted by Gasteiger charge is -2.50. The number of rotatable bonds is 5. The number of ether oxygens (including phenoxy) is 1. The van der Waals surface area contributed by atoms with Crippen LogP contribution in [-0.4, -0.2) is 72.6 Å². The Bertz CT molecular complexity index is 1150. The van der Waals surface area contributed by atoms with Crippen LogP contribution >= 0.6 is 0 Å². The van der Waals surface area contributed by atoms with E-state index in [4.69, 9.17) is 9.84 Å². The van der Waals surface area contributed by atoms with Crippen LogP contribution in [0.4, 0.5) is 0 Å². The van der Waals surface area contributed by atoms with Crippen molar-refractivity contribution in [2.24, 2.45) is 5.92 Å². The SMILES string of the molecule is Cc1ccc(OCCCO)c2c1CC1(O)CC3(O)CC(=O)C(C(=O)O)=C(O)C3C(=O)C1=C2O. The van der Waals surface area contributed by atoms with E-state index in [-0.39, 0.29) is 30.9 Å². The summed E-state index contributed by atoms with van der Waals surface area (Å²) in [7, 11) is 0. The molecule has 10 heteroatoms. The predicted octanol–water partition coefficient (Wildman–Crippen LogP) is 0.502. The van der Waals surface area contributed by atoms with Crippen molar-refractivity contribution in [3.05, 3.63) is 45.7 Å². The van der Waals surface area contributed by atoms with Crippen LogP contribution in [0.3, 0.4) is 0 Å². The molecule has 4 rings (SSSR count). The molecule has 0 aromatic heterocycles. The van der Waals surface area contributed by atoms with Gasteiger partial charge in [-0.3, -0.25) is 9.59 Å². The molecule has 1 saturated carbocycles. The van der Waals surface area contributed by atoms with Gasteiger partial charge in [-0.1, -0.05) is 6.07 Å². The molecular weight excluding hydrogens is 436 g/mol. The lowest BCUT2D eigenvalue weighted by molar-refractivity contribution is -0.155. The number of benzene rings is 1. The van der Waals surface area contributed by atoms with Crippen LogP contribution in [0.25, 0.3) is 5.76 Å². The highest BCUT2D eigenvalue weighted by Crippen LogP contribution is 2.54. The van der Waals surface area contributed by atoms with E-state index in [9.17, 15) is 39.9 Å². The van der Waals surface area contributed by atoms with Gasteiger partial charge in [0.25, 0.3) is 0 Å². The fourth-order valence-electron chi connectivity index (χ4n) is 5.23. The van der Waals surface area contributed by atoms with E-state index in [1.807, 2.05) is 0 Å². The summed E-state index contributed by atoms with van der Waals surface area (Å²) in [6.07, 6.45) is -1.22. The summed E-state index contributed by atoms with van der Waals surface area (Å²) in [5.41, 5.74) is -4.44. The molecule has 1 fully saturated rings. The van der Waals surface area contributed by atoms with Crippen LogP contribution in [0, 0.1) is 12.8 Å². The van der Waals surface area contributed by atoms with Gasteiger partial charge in [0.2, 0.25) is 0 Å². The topological polar surface area (TPSA) is 182 Å². The van der Waals surface area contributed by atoms with Crippen LogP contribution in [0.15, 0.2) is 29.0 Å². The summed E-state index contributed by atoms with van der Waals surface area (Å²) < 4.78 is 5.65. The summed E-state index contributed by atoms with van der Waals surface area (Å²) >= 11 is 0. The maximum atomic E-state index is 13.5. The number of fused-ring (bicyclic) bond motifs is 3. The van der Waals surface area contributed by atoms with Crippen LogP contribution in [0.5, 0.6) is 5.75 Å². The molecule has 3 atom stereocenters. The Hall–Kier alpha value is -3.21. The minimum absolute atomic E-state index is 0.115. The molecule has 10 nitrogen and oxygen atoms in total.